The lowest BCUT2D eigenvalue weighted by Gasteiger charge is -2.34. The Bertz CT molecular complexity index is 540. The van der Waals surface area contributed by atoms with Gasteiger partial charge in [0.25, 0.3) is 0 Å². The minimum atomic E-state index is -0.896. The second-order valence-corrected chi connectivity index (χ2v) is 5.56. The summed E-state index contributed by atoms with van der Waals surface area (Å²) in [7, 11) is 1.57. The number of amides is 1. The topological polar surface area (TPSA) is 76.1 Å². The fraction of sp³-hybridized carbons (Fsp3) is 0.529. The van der Waals surface area contributed by atoms with Crippen LogP contribution in [-0.2, 0) is 20.7 Å². The number of nitrogens with zero attached hydrogens (tertiary/aromatic N) is 1. The summed E-state index contributed by atoms with van der Waals surface area (Å²) in [6.45, 7) is 1.44. The lowest BCUT2D eigenvalue weighted by atomic mass is 10.0. The molecule has 0 aliphatic carbocycles. The van der Waals surface area contributed by atoms with Gasteiger partial charge in [-0.05, 0) is 18.9 Å². The fourth-order valence-electron chi connectivity index (χ4n) is 2.84. The van der Waals surface area contributed by atoms with Crippen molar-refractivity contribution < 1.29 is 24.2 Å². The minimum Gasteiger partial charge on any atom is -0.496 e. The second-order valence-electron chi connectivity index (χ2n) is 5.56. The molecule has 0 aromatic heterocycles. The first kappa shape index (κ1) is 17.3. The van der Waals surface area contributed by atoms with E-state index in [0.717, 1.165) is 18.4 Å². The van der Waals surface area contributed by atoms with Crippen LogP contribution < -0.4 is 4.74 Å². The first-order chi connectivity index (χ1) is 11.1. The van der Waals surface area contributed by atoms with Gasteiger partial charge in [-0.15, -0.1) is 0 Å². The van der Waals surface area contributed by atoms with Crippen molar-refractivity contribution in [2.24, 2.45) is 0 Å². The van der Waals surface area contributed by atoms with Crippen LogP contribution in [0, 0.1) is 0 Å². The molecule has 0 atom stereocenters. The Morgan fingerprint density at radius 2 is 2.00 bits per heavy atom. The zero-order chi connectivity index (χ0) is 16.7. The minimum absolute atomic E-state index is 0.0466. The highest BCUT2D eigenvalue weighted by Crippen LogP contribution is 2.21. The van der Waals surface area contributed by atoms with Gasteiger partial charge >= 0.3 is 5.97 Å². The van der Waals surface area contributed by atoms with Crippen LogP contribution in [0.2, 0.25) is 0 Å². The van der Waals surface area contributed by atoms with E-state index in [0.29, 0.717) is 19.0 Å². The van der Waals surface area contributed by atoms with E-state index in [1.54, 1.807) is 12.0 Å². The monoisotopic (exact) mass is 321 g/mol. The van der Waals surface area contributed by atoms with Gasteiger partial charge in [-0.1, -0.05) is 18.2 Å². The smallest absolute Gasteiger partial charge is 0.305 e. The second kappa shape index (κ2) is 8.53. The van der Waals surface area contributed by atoms with E-state index in [1.165, 1.54) is 0 Å². The summed E-state index contributed by atoms with van der Waals surface area (Å²) in [4.78, 5) is 25.3. The van der Waals surface area contributed by atoms with Crippen molar-refractivity contribution in [3.8, 4) is 5.75 Å². The van der Waals surface area contributed by atoms with Crippen LogP contribution in [0.5, 0.6) is 5.75 Å². The molecule has 1 aliphatic rings. The van der Waals surface area contributed by atoms with Crippen molar-refractivity contribution >= 4 is 11.9 Å². The normalized spacial score (nSPS) is 15.2. The molecule has 1 fully saturated rings. The molecule has 1 N–H and O–H groups in total. The quantitative estimate of drug-likeness (QED) is 0.827. The first-order valence-electron chi connectivity index (χ1n) is 7.82. The van der Waals surface area contributed by atoms with Crippen LogP contribution in [0.4, 0.5) is 0 Å². The van der Waals surface area contributed by atoms with Crippen LogP contribution in [0.15, 0.2) is 24.3 Å². The summed E-state index contributed by atoms with van der Waals surface area (Å²) in [5.41, 5.74) is 0.812. The molecule has 1 aromatic rings. The SMILES string of the molecule is COc1ccccc1CC(=O)N(CCC(=O)O)C1CCOCC1. The molecular formula is C17H23NO5. The van der Waals surface area contributed by atoms with E-state index < -0.39 is 5.97 Å². The highest BCUT2D eigenvalue weighted by Gasteiger charge is 2.26. The third kappa shape index (κ3) is 4.96. The van der Waals surface area contributed by atoms with E-state index in [9.17, 15) is 9.59 Å². The average molecular weight is 321 g/mol. The molecule has 1 saturated heterocycles. The highest BCUT2D eigenvalue weighted by atomic mass is 16.5. The highest BCUT2D eigenvalue weighted by molar-refractivity contribution is 5.80. The molecule has 6 heteroatoms. The molecule has 23 heavy (non-hydrogen) atoms. The van der Waals surface area contributed by atoms with E-state index in [4.69, 9.17) is 14.6 Å². The molecule has 0 saturated carbocycles. The number of carbonyl (C=O) groups is 2. The number of carboxylic acid groups (broad SMARTS) is 1. The standard InChI is InChI=1S/C17H23NO5/c1-22-15-5-3-2-4-13(15)12-16(19)18(9-6-17(20)21)14-7-10-23-11-8-14/h2-5,14H,6-12H2,1H3,(H,20,21). The lowest BCUT2D eigenvalue weighted by molar-refractivity contribution is -0.140. The Kier molecular flexibility index (Phi) is 6.40. The fourth-order valence-corrected chi connectivity index (χ4v) is 2.84. The molecule has 1 amide bonds. The van der Waals surface area contributed by atoms with Crippen LogP contribution in [0.3, 0.4) is 0 Å². The van der Waals surface area contributed by atoms with Crippen molar-refractivity contribution in [3.05, 3.63) is 29.8 Å². The molecular weight excluding hydrogens is 298 g/mol. The Morgan fingerprint density at radius 1 is 1.30 bits per heavy atom. The predicted octanol–water partition coefficient (Wildman–Crippen LogP) is 1.72. The van der Waals surface area contributed by atoms with Gasteiger partial charge in [0.05, 0.1) is 20.0 Å². The number of aliphatic carboxylic acids is 1. The maximum Gasteiger partial charge on any atom is 0.305 e. The maximum absolute atomic E-state index is 12.7. The molecule has 1 aliphatic heterocycles. The van der Waals surface area contributed by atoms with Gasteiger partial charge < -0.3 is 19.5 Å². The molecule has 0 unspecified atom stereocenters. The van der Waals surface area contributed by atoms with E-state index in [-0.39, 0.29) is 31.3 Å². The third-order valence-electron chi connectivity index (χ3n) is 4.05. The first-order valence-corrected chi connectivity index (χ1v) is 7.82. The summed E-state index contributed by atoms with van der Waals surface area (Å²) in [6.07, 6.45) is 1.66. The Morgan fingerprint density at radius 3 is 2.65 bits per heavy atom. The van der Waals surface area contributed by atoms with Crippen molar-refractivity contribution in [3.63, 3.8) is 0 Å². The van der Waals surface area contributed by atoms with Crippen LogP contribution in [0.25, 0.3) is 0 Å². The van der Waals surface area contributed by atoms with Gasteiger partial charge in [0.2, 0.25) is 5.91 Å². The zero-order valence-electron chi connectivity index (χ0n) is 13.4. The van der Waals surface area contributed by atoms with E-state index in [2.05, 4.69) is 0 Å². The molecule has 1 aromatic carbocycles. The van der Waals surface area contributed by atoms with Gasteiger partial charge in [-0.2, -0.15) is 0 Å². The number of carboxylic acids is 1. The number of ether oxygens (including phenoxy) is 2. The van der Waals surface area contributed by atoms with Crippen molar-refractivity contribution in [1.29, 1.82) is 0 Å². The molecule has 2 rings (SSSR count). The molecule has 126 valence electrons. The molecule has 0 radical (unpaired) electrons. The Labute approximate surface area is 136 Å². The number of methoxy groups -OCH3 is 1. The predicted molar refractivity (Wildman–Crippen MR) is 84.5 cm³/mol. The number of carbonyl (C=O) groups excluding carboxylic acids is 1. The van der Waals surface area contributed by atoms with Crippen molar-refractivity contribution in [1.82, 2.24) is 4.90 Å². The van der Waals surface area contributed by atoms with Crippen LogP contribution >= 0.6 is 0 Å². The van der Waals surface area contributed by atoms with Crippen LogP contribution in [0.1, 0.15) is 24.8 Å². The summed E-state index contributed by atoms with van der Waals surface area (Å²) in [5.74, 6) is -0.291. The van der Waals surface area contributed by atoms with Gasteiger partial charge in [0.1, 0.15) is 5.75 Å². The summed E-state index contributed by atoms with van der Waals surface area (Å²) in [5, 5.41) is 8.93. The number of hydrogen-bond acceptors (Lipinski definition) is 4. The third-order valence-corrected chi connectivity index (χ3v) is 4.05. The number of hydrogen-bond donors (Lipinski definition) is 1. The van der Waals surface area contributed by atoms with Crippen molar-refractivity contribution in [2.75, 3.05) is 26.9 Å². The van der Waals surface area contributed by atoms with Crippen molar-refractivity contribution in [2.45, 2.75) is 31.7 Å². The number of benzene rings is 1. The van der Waals surface area contributed by atoms with Gasteiger partial charge in [-0.3, -0.25) is 9.59 Å². The lowest BCUT2D eigenvalue weighted by Crippen LogP contribution is -2.45. The summed E-state index contributed by atoms with van der Waals surface area (Å²) in [6, 6.07) is 7.44. The molecule has 1 heterocycles. The molecule has 0 spiro atoms. The van der Waals surface area contributed by atoms with Gasteiger partial charge in [0, 0.05) is 31.4 Å². The van der Waals surface area contributed by atoms with Crippen LogP contribution in [-0.4, -0.2) is 54.8 Å². The molecule has 6 nitrogen and oxygen atoms in total. The average Bonchev–Trinajstić information content (AvgIpc) is 2.56. The van der Waals surface area contributed by atoms with Gasteiger partial charge in [-0.25, -0.2) is 0 Å². The zero-order valence-corrected chi connectivity index (χ0v) is 13.4. The van der Waals surface area contributed by atoms with E-state index in [1.807, 2.05) is 24.3 Å². The Balaban J connectivity index is 2.09. The molecule has 0 bridgehead atoms. The summed E-state index contributed by atoms with van der Waals surface area (Å²) < 4.78 is 10.6. The Hall–Kier alpha value is -2.08. The van der Waals surface area contributed by atoms with E-state index >= 15 is 0 Å². The number of rotatable bonds is 7. The van der Waals surface area contributed by atoms with Gasteiger partial charge in [0.15, 0.2) is 0 Å². The maximum atomic E-state index is 12.7. The largest absolute Gasteiger partial charge is 0.496 e. The summed E-state index contributed by atoms with van der Waals surface area (Å²) >= 11 is 0. The number of para-hydroxylation sites is 1.